The van der Waals surface area contributed by atoms with Crippen LogP contribution in [0.5, 0.6) is 0 Å². The Morgan fingerprint density at radius 1 is 1.11 bits per heavy atom. The molecule has 1 saturated heterocycles. The van der Waals surface area contributed by atoms with E-state index in [1.165, 1.54) is 18.2 Å². The molecule has 9 nitrogen and oxygen atoms in total. The Morgan fingerprint density at radius 3 is 2.62 bits per heavy atom. The molecule has 5 heterocycles. The van der Waals surface area contributed by atoms with Gasteiger partial charge in [0.05, 0.1) is 28.2 Å². The number of benzene rings is 2. The maximum Gasteiger partial charge on any atom is 0.280 e. The minimum absolute atomic E-state index is 0.00205. The molecule has 2 aromatic carbocycles. The van der Waals surface area contributed by atoms with Crippen LogP contribution in [0.15, 0.2) is 80.3 Å². The summed E-state index contributed by atoms with van der Waals surface area (Å²) in [5.74, 6) is -0.491. The monoisotopic (exact) mass is 656 g/mol. The van der Waals surface area contributed by atoms with E-state index in [2.05, 4.69) is 10.5 Å². The summed E-state index contributed by atoms with van der Waals surface area (Å²) in [5, 5.41) is 16.0. The average molecular weight is 657 g/mol. The summed E-state index contributed by atoms with van der Waals surface area (Å²) in [6, 6.07) is 15.7. The standard InChI is InChI=1S/C36H37FN4O5S/c1-21(2)27-20-47(43,44)36-33(25-6-8-30-24(16-25)9-12-41(30)19-23-3-5-26(18-38)28(37)15-23)34(31-17-32(42)40-46-31)29(39-35(27)36)7-4-22-10-13-45-14-11-22/h3,5-6,8-9,12,15-17,21-22,27,33,39H,4,7,10-11,13-14,19-20H2,1-2H3,(H,40,42). The third-order valence-corrected chi connectivity index (χ3v) is 11.8. The van der Waals surface area contributed by atoms with Crippen LogP contribution in [-0.2, 0) is 21.1 Å². The second-order valence-electron chi connectivity index (χ2n) is 13.2. The molecule has 3 aliphatic heterocycles. The molecule has 2 unspecified atom stereocenters. The molecule has 0 bridgehead atoms. The lowest BCUT2D eigenvalue weighted by Crippen LogP contribution is -2.29. The lowest BCUT2D eigenvalue weighted by molar-refractivity contribution is 0.0639. The Morgan fingerprint density at radius 2 is 1.91 bits per heavy atom. The number of dihydropyridines is 1. The van der Waals surface area contributed by atoms with Gasteiger partial charge in [-0.2, -0.15) is 10.4 Å². The summed E-state index contributed by atoms with van der Waals surface area (Å²) >= 11 is 0. The molecule has 3 aliphatic rings. The Kier molecular flexibility index (Phi) is 8.18. The molecule has 4 aromatic rings. The summed E-state index contributed by atoms with van der Waals surface area (Å²) < 4.78 is 55.7. The van der Waals surface area contributed by atoms with Crippen LogP contribution in [-0.4, -0.2) is 37.1 Å². The molecule has 2 atom stereocenters. The number of fused-ring (bicyclic) bond motifs is 1. The Bertz CT molecular complexity index is 2120. The molecule has 0 radical (unpaired) electrons. The van der Waals surface area contributed by atoms with E-state index in [0.717, 1.165) is 65.9 Å². The predicted octanol–water partition coefficient (Wildman–Crippen LogP) is 6.20. The molecule has 0 spiro atoms. The Balaban J connectivity index is 1.34. The Hall–Kier alpha value is -4.40. The first-order chi connectivity index (χ1) is 22.6. The van der Waals surface area contributed by atoms with Crippen LogP contribution in [0, 0.1) is 34.9 Å². The molecular formula is C36H37FN4O5S. The van der Waals surface area contributed by atoms with Gasteiger partial charge in [-0.25, -0.2) is 12.8 Å². The molecule has 0 aliphatic carbocycles. The third kappa shape index (κ3) is 5.85. The van der Waals surface area contributed by atoms with E-state index in [-0.39, 0.29) is 23.2 Å². The van der Waals surface area contributed by atoms with Gasteiger partial charge in [-0.3, -0.25) is 4.79 Å². The summed E-state index contributed by atoms with van der Waals surface area (Å²) in [4.78, 5) is 12.7. The molecule has 0 saturated carbocycles. The fraction of sp³-hybridized carbons (Fsp3) is 0.389. The number of ether oxygens (including phenoxy) is 1. The van der Waals surface area contributed by atoms with Gasteiger partial charge in [0.25, 0.3) is 5.56 Å². The SMILES string of the molecule is CC(C)C1CS(=O)(=O)C2=C1NC(CCC1CCOCC1)=C(c1cc(=O)[nH]o1)C2c1ccc2c(ccn2Cc2ccc(C#N)c(F)c2)c1. The van der Waals surface area contributed by atoms with Gasteiger partial charge in [-0.1, -0.05) is 26.0 Å². The average Bonchev–Trinajstić information content (AvgIpc) is 3.74. The maximum atomic E-state index is 14.3. The number of hydrogen-bond acceptors (Lipinski definition) is 7. The van der Waals surface area contributed by atoms with E-state index in [1.807, 2.05) is 54.9 Å². The van der Waals surface area contributed by atoms with Gasteiger partial charge in [-0.15, -0.1) is 0 Å². The van der Waals surface area contributed by atoms with Crippen molar-refractivity contribution < 1.29 is 22.1 Å². The molecule has 2 aromatic heterocycles. The quantitative estimate of drug-likeness (QED) is 0.231. The number of nitriles is 1. The van der Waals surface area contributed by atoms with Crippen LogP contribution in [0.4, 0.5) is 4.39 Å². The molecule has 1 fully saturated rings. The number of aromatic amines is 1. The Labute approximate surface area is 272 Å². The van der Waals surface area contributed by atoms with Crippen molar-refractivity contribution in [1.29, 1.82) is 5.26 Å². The van der Waals surface area contributed by atoms with E-state index in [1.54, 1.807) is 6.07 Å². The molecule has 11 heteroatoms. The predicted molar refractivity (Wildman–Crippen MR) is 176 cm³/mol. The number of H-pyrrole nitrogens is 1. The number of rotatable bonds is 8. The first kappa shape index (κ1) is 31.2. The second kappa shape index (κ2) is 12.3. The molecule has 0 amide bonds. The highest BCUT2D eigenvalue weighted by molar-refractivity contribution is 7.95. The minimum Gasteiger partial charge on any atom is -0.381 e. The lowest BCUT2D eigenvalue weighted by atomic mass is 9.80. The highest BCUT2D eigenvalue weighted by atomic mass is 32.2. The minimum atomic E-state index is -3.66. The third-order valence-electron chi connectivity index (χ3n) is 9.90. The molecule has 244 valence electrons. The largest absolute Gasteiger partial charge is 0.381 e. The normalized spacial score (nSPS) is 21.3. The van der Waals surface area contributed by atoms with E-state index in [9.17, 15) is 17.6 Å². The maximum absolute atomic E-state index is 14.3. The number of nitrogens with one attached hydrogen (secondary N) is 2. The first-order valence-corrected chi connectivity index (χ1v) is 17.8. The van der Waals surface area contributed by atoms with Crippen molar-refractivity contribution in [3.63, 3.8) is 0 Å². The molecular weight excluding hydrogens is 619 g/mol. The molecule has 7 rings (SSSR count). The zero-order valence-corrected chi connectivity index (χ0v) is 27.2. The topological polar surface area (TPSA) is 130 Å². The van der Waals surface area contributed by atoms with Crippen molar-refractivity contribution in [3.05, 3.63) is 110 Å². The van der Waals surface area contributed by atoms with Crippen molar-refractivity contribution in [3.8, 4) is 6.07 Å². The van der Waals surface area contributed by atoms with Gasteiger partial charge in [0.15, 0.2) is 15.6 Å². The number of allylic oxidation sites excluding steroid dienone is 4. The molecule has 2 N–H and O–H groups in total. The zero-order valence-electron chi connectivity index (χ0n) is 26.4. The van der Waals surface area contributed by atoms with Crippen molar-refractivity contribution in [2.45, 2.75) is 52.0 Å². The zero-order chi connectivity index (χ0) is 32.9. The van der Waals surface area contributed by atoms with E-state index in [0.29, 0.717) is 35.1 Å². The fourth-order valence-corrected chi connectivity index (χ4v) is 9.75. The van der Waals surface area contributed by atoms with E-state index < -0.39 is 27.1 Å². The molecule has 47 heavy (non-hydrogen) atoms. The van der Waals surface area contributed by atoms with Crippen molar-refractivity contribution in [1.82, 2.24) is 15.0 Å². The second-order valence-corrected chi connectivity index (χ2v) is 15.2. The lowest BCUT2D eigenvalue weighted by Gasteiger charge is -2.33. The smallest absolute Gasteiger partial charge is 0.280 e. The van der Waals surface area contributed by atoms with Crippen molar-refractivity contribution in [2.24, 2.45) is 17.8 Å². The van der Waals surface area contributed by atoms with Crippen LogP contribution in [0.3, 0.4) is 0 Å². The number of halogens is 1. The van der Waals surface area contributed by atoms with E-state index >= 15 is 0 Å². The van der Waals surface area contributed by atoms with Gasteiger partial charge in [0.1, 0.15) is 11.9 Å². The summed E-state index contributed by atoms with van der Waals surface area (Å²) in [5.41, 5.74) is 4.29. The fourth-order valence-electron chi connectivity index (χ4n) is 7.40. The first-order valence-electron chi connectivity index (χ1n) is 16.1. The summed E-state index contributed by atoms with van der Waals surface area (Å²) in [6.45, 7) is 5.97. The number of sulfone groups is 1. The number of nitrogens with zero attached hydrogens (tertiary/aromatic N) is 2. The van der Waals surface area contributed by atoms with Crippen LogP contribution in [0.2, 0.25) is 0 Å². The summed E-state index contributed by atoms with van der Waals surface area (Å²) in [6.07, 6.45) is 5.44. The highest BCUT2D eigenvalue weighted by Gasteiger charge is 2.48. The van der Waals surface area contributed by atoms with Crippen LogP contribution >= 0.6 is 0 Å². The van der Waals surface area contributed by atoms with Gasteiger partial charge >= 0.3 is 0 Å². The van der Waals surface area contributed by atoms with Crippen LogP contribution in [0.1, 0.15) is 67.9 Å². The van der Waals surface area contributed by atoms with Crippen LogP contribution in [0.25, 0.3) is 16.5 Å². The number of hydrogen-bond donors (Lipinski definition) is 2. The van der Waals surface area contributed by atoms with Crippen molar-refractivity contribution in [2.75, 3.05) is 19.0 Å². The van der Waals surface area contributed by atoms with Gasteiger partial charge in [-0.05, 0) is 84.4 Å². The van der Waals surface area contributed by atoms with Crippen LogP contribution < -0.4 is 10.9 Å². The number of aromatic nitrogens is 2. The van der Waals surface area contributed by atoms with Gasteiger partial charge < -0.3 is 19.1 Å². The van der Waals surface area contributed by atoms with Crippen molar-refractivity contribution >= 4 is 26.3 Å². The highest BCUT2D eigenvalue weighted by Crippen LogP contribution is 2.52. The van der Waals surface area contributed by atoms with Gasteiger partial charge in [0, 0.05) is 54.4 Å². The van der Waals surface area contributed by atoms with E-state index in [4.69, 9.17) is 14.5 Å². The summed E-state index contributed by atoms with van der Waals surface area (Å²) in [7, 11) is -3.66. The van der Waals surface area contributed by atoms with Gasteiger partial charge in [0.2, 0.25) is 0 Å².